The van der Waals surface area contributed by atoms with Gasteiger partial charge in [0.2, 0.25) is 0 Å². The van der Waals surface area contributed by atoms with E-state index >= 15 is 0 Å². The van der Waals surface area contributed by atoms with Gasteiger partial charge in [-0.25, -0.2) is 4.79 Å². The van der Waals surface area contributed by atoms with Gasteiger partial charge in [-0.1, -0.05) is 35.9 Å². The number of nitrogens with one attached hydrogen (secondary N) is 1. The van der Waals surface area contributed by atoms with Gasteiger partial charge in [-0.2, -0.15) is 5.26 Å². The average molecular weight is 407 g/mol. The van der Waals surface area contributed by atoms with Gasteiger partial charge in [0, 0.05) is 11.6 Å². The van der Waals surface area contributed by atoms with Crippen molar-refractivity contribution in [3.63, 3.8) is 0 Å². The summed E-state index contributed by atoms with van der Waals surface area (Å²) in [6, 6.07) is 16.5. The number of anilines is 1. The van der Waals surface area contributed by atoms with Crippen LogP contribution in [0.5, 0.6) is 0 Å². The molecule has 3 aromatic rings. The van der Waals surface area contributed by atoms with E-state index in [9.17, 15) is 14.9 Å². The molecule has 0 fully saturated rings. The van der Waals surface area contributed by atoms with Crippen LogP contribution in [0.25, 0.3) is 17.4 Å². The number of aromatic carboxylic acids is 1. The Morgan fingerprint density at radius 3 is 2.48 bits per heavy atom. The summed E-state index contributed by atoms with van der Waals surface area (Å²) >= 11 is 6.11. The van der Waals surface area contributed by atoms with Gasteiger partial charge in [0.15, 0.2) is 0 Å². The normalized spacial score (nSPS) is 11.0. The summed E-state index contributed by atoms with van der Waals surface area (Å²) in [4.78, 5) is 23.4. The molecule has 3 rings (SSSR count). The maximum Gasteiger partial charge on any atom is 0.335 e. The number of aryl methyl sites for hydroxylation is 1. The molecule has 0 radical (unpaired) electrons. The molecule has 0 saturated heterocycles. The fourth-order valence-electron chi connectivity index (χ4n) is 2.62. The Morgan fingerprint density at radius 1 is 1.14 bits per heavy atom. The van der Waals surface area contributed by atoms with Gasteiger partial charge in [0.1, 0.15) is 23.2 Å². The van der Waals surface area contributed by atoms with E-state index in [4.69, 9.17) is 21.1 Å². The number of hydrogen-bond donors (Lipinski definition) is 2. The van der Waals surface area contributed by atoms with Crippen molar-refractivity contribution < 1.29 is 19.1 Å². The van der Waals surface area contributed by atoms with Gasteiger partial charge >= 0.3 is 5.97 Å². The van der Waals surface area contributed by atoms with Crippen molar-refractivity contribution >= 4 is 35.2 Å². The van der Waals surface area contributed by atoms with Crippen LogP contribution >= 0.6 is 11.6 Å². The number of carbonyl (C=O) groups excluding carboxylic acids is 1. The molecule has 2 aromatic carbocycles. The highest BCUT2D eigenvalue weighted by Crippen LogP contribution is 2.27. The quantitative estimate of drug-likeness (QED) is 0.450. The van der Waals surface area contributed by atoms with Gasteiger partial charge in [-0.05, 0) is 42.8 Å². The Kier molecular flexibility index (Phi) is 5.82. The standard InChI is InChI=1S/C22H15ClN2O4/c1-13-3-2-4-18(23)20(13)25-21(26)16(12-24)11-17-9-10-19(29-17)14-5-7-15(8-6-14)22(27)28/h2-11H,1H3,(H,25,26)(H,27,28)/b16-11+. The van der Waals surface area contributed by atoms with Crippen LogP contribution < -0.4 is 5.32 Å². The lowest BCUT2D eigenvalue weighted by atomic mass is 10.1. The van der Waals surface area contributed by atoms with E-state index in [0.717, 1.165) is 5.56 Å². The fraction of sp³-hybridized carbons (Fsp3) is 0.0455. The van der Waals surface area contributed by atoms with Gasteiger partial charge in [-0.15, -0.1) is 0 Å². The molecule has 0 aliphatic carbocycles. The highest BCUT2D eigenvalue weighted by atomic mass is 35.5. The van der Waals surface area contributed by atoms with Crippen LogP contribution in [0.15, 0.2) is 64.6 Å². The Bertz CT molecular complexity index is 1130. The van der Waals surface area contributed by atoms with E-state index in [2.05, 4.69) is 5.32 Å². The summed E-state index contributed by atoms with van der Waals surface area (Å²) in [6.45, 7) is 1.80. The Labute approximate surface area is 171 Å². The molecule has 0 aliphatic heterocycles. The van der Waals surface area contributed by atoms with E-state index in [-0.39, 0.29) is 11.1 Å². The lowest BCUT2D eigenvalue weighted by Crippen LogP contribution is -2.14. The Balaban J connectivity index is 1.82. The molecule has 0 saturated carbocycles. The first-order valence-corrected chi connectivity index (χ1v) is 8.88. The highest BCUT2D eigenvalue weighted by molar-refractivity contribution is 6.34. The van der Waals surface area contributed by atoms with E-state index in [0.29, 0.717) is 27.8 Å². The number of nitriles is 1. The van der Waals surface area contributed by atoms with Crippen LogP contribution in [0.3, 0.4) is 0 Å². The SMILES string of the molecule is Cc1cccc(Cl)c1NC(=O)/C(C#N)=C/c1ccc(-c2ccc(C(=O)O)cc2)o1. The fourth-order valence-corrected chi connectivity index (χ4v) is 2.89. The molecule has 29 heavy (non-hydrogen) atoms. The second kappa shape index (κ2) is 8.46. The second-order valence-corrected chi connectivity index (χ2v) is 6.55. The topological polar surface area (TPSA) is 103 Å². The summed E-state index contributed by atoms with van der Waals surface area (Å²) in [5.41, 5.74) is 1.90. The number of para-hydroxylation sites is 1. The van der Waals surface area contributed by atoms with Crippen molar-refractivity contribution in [1.29, 1.82) is 5.26 Å². The maximum absolute atomic E-state index is 12.5. The van der Waals surface area contributed by atoms with Gasteiger partial charge < -0.3 is 14.8 Å². The molecule has 0 atom stereocenters. The molecular formula is C22H15ClN2O4. The van der Waals surface area contributed by atoms with Crippen molar-refractivity contribution in [3.8, 4) is 17.4 Å². The van der Waals surface area contributed by atoms with Crippen LogP contribution in [0.1, 0.15) is 21.7 Å². The minimum Gasteiger partial charge on any atom is -0.478 e. The lowest BCUT2D eigenvalue weighted by Gasteiger charge is -2.09. The first-order valence-electron chi connectivity index (χ1n) is 8.51. The summed E-state index contributed by atoms with van der Waals surface area (Å²) < 4.78 is 5.67. The van der Waals surface area contributed by atoms with Crippen LogP contribution in [0.2, 0.25) is 5.02 Å². The smallest absolute Gasteiger partial charge is 0.335 e. The van der Waals surface area contributed by atoms with Gasteiger partial charge in [0.05, 0.1) is 16.3 Å². The molecule has 2 N–H and O–H groups in total. The molecular weight excluding hydrogens is 392 g/mol. The van der Waals surface area contributed by atoms with Crippen LogP contribution in [-0.2, 0) is 4.79 Å². The number of hydrogen-bond acceptors (Lipinski definition) is 4. The number of amides is 1. The number of carboxylic acid groups (broad SMARTS) is 1. The molecule has 7 heteroatoms. The molecule has 144 valence electrons. The number of carboxylic acids is 1. The Morgan fingerprint density at radius 2 is 1.86 bits per heavy atom. The zero-order valence-electron chi connectivity index (χ0n) is 15.3. The monoisotopic (exact) mass is 406 g/mol. The summed E-state index contributed by atoms with van der Waals surface area (Å²) in [6.07, 6.45) is 1.33. The van der Waals surface area contributed by atoms with Crippen LogP contribution in [-0.4, -0.2) is 17.0 Å². The Hall–Kier alpha value is -3.82. The molecule has 0 spiro atoms. The summed E-state index contributed by atoms with van der Waals surface area (Å²) in [5.74, 6) is -0.830. The molecule has 1 aromatic heterocycles. The van der Waals surface area contributed by atoms with Crippen molar-refractivity contribution in [2.24, 2.45) is 0 Å². The van der Waals surface area contributed by atoms with Crippen LogP contribution in [0, 0.1) is 18.3 Å². The van der Waals surface area contributed by atoms with Crippen molar-refractivity contribution in [3.05, 3.63) is 82.1 Å². The van der Waals surface area contributed by atoms with Gasteiger partial charge in [0.25, 0.3) is 5.91 Å². The first-order chi connectivity index (χ1) is 13.9. The molecule has 0 unspecified atom stereocenters. The highest BCUT2D eigenvalue weighted by Gasteiger charge is 2.14. The summed E-state index contributed by atoms with van der Waals surface area (Å²) in [7, 11) is 0. The number of furan rings is 1. The number of nitrogens with zero attached hydrogens (tertiary/aromatic N) is 1. The third kappa shape index (κ3) is 4.54. The minimum atomic E-state index is -1.02. The molecule has 0 aliphatic rings. The molecule has 0 bridgehead atoms. The zero-order chi connectivity index (χ0) is 21.0. The molecule has 1 amide bonds. The van der Waals surface area contributed by atoms with Crippen molar-refractivity contribution in [1.82, 2.24) is 0 Å². The third-order valence-corrected chi connectivity index (χ3v) is 4.47. The third-order valence-electron chi connectivity index (χ3n) is 4.16. The average Bonchev–Trinajstić information content (AvgIpc) is 3.17. The van der Waals surface area contributed by atoms with Gasteiger partial charge in [-0.3, -0.25) is 4.79 Å². The predicted octanol–water partition coefficient (Wildman–Crippen LogP) is 5.15. The largest absolute Gasteiger partial charge is 0.478 e. The van der Waals surface area contributed by atoms with Crippen LogP contribution in [0.4, 0.5) is 5.69 Å². The van der Waals surface area contributed by atoms with E-state index in [1.54, 1.807) is 49.4 Å². The first kappa shape index (κ1) is 19.9. The van der Waals surface area contributed by atoms with E-state index < -0.39 is 11.9 Å². The molecule has 6 nitrogen and oxygen atoms in total. The predicted molar refractivity (Wildman–Crippen MR) is 110 cm³/mol. The van der Waals surface area contributed by atoms with Crippen molar-refractivity contribution in [2.45, 2.75) is 6.92 Å². The summed E-state index contributed by atoms with van der Waals surface area (Å²) in [5, 5.41) is 21.4. The minimum absolute atomic E-state index is 0.147. The number of carbonyl (C=O) groups is 2. The van der Waals surface area contributed by atoms with E-state index in [1.807, 2.05) is 6.07 Å². The number of benzene rings is 2. The van der Waals surface area contributed by atoms with Crippen molar-refractivity contribution in [2.75, 3.05) is 5.32 Å². The molecule has 1 heterocycles. The maximum atomic E-state index is 12.5. The number of rotatable bonds is 5. The second-order valence-electron chi connectivity index (χ2n) is 6.14. The number of halogens is 1. The van der Waals surface area contributed by atoms with E-state index in [1.165, 1.54) is 18.2 Å². The lowest BCUT2D eigenvalue weighted by molar-refractivity contribution is -0.112. The zero-order valence-corrected chi connectivity index (χ0v) is 16.0.